The van der Waals surface area contributed by atoms with Gasteiger partial charge in [0.2, 0.25) is 5.95 Å². The first-order chi connectivity index (χ1) is 11.3. The molecular weight excluding hydrogens is 294 g/mol. The molecule has 0 aliphatic carbocycles. The molecule has 1 atom stereocenters. The monoisotopic (exact) mass is 313 g/mol. The fraction of sp³-hybridized carbons (Fsp3) is 0.375. The van der Waals surface area contributed by atoms with Crippen molar-refractivity contribution in [3.05, 3.63) is 48.0 Å². The molecule has 1 aliphatic heterocycles. The van der Waals surface area contributed by atoms with Crippen LogP contribution in [0.2, 0.25) is 0 Å². The third-order valence-corrected chi connectivity index (χ3v) is 3.60. The maximum atomic E-state index is 12.1. The molecule has 3 heterocycles. The van der Waals surface area contributed by atoms with Gasteiger partial charge in [-0.2, -0.15) is 0 Å². The molecule has 0 saturated carbocycles. The van der Waals surface area contributed by atoms with Gasteiger partial charge in [0.25, 0.3) is 5.91 Å². The topological polar surface area (TPSA) is 89.0 Å². The van der Waals surface area contributed by atoms with Crippen LogP contribution in [0.4, 0.5) is 5.95 Å². The highest BCUT2D eigenvalue weighted by atomic mass is 16.5. The minimum Gasteiger partial charge on any atom is -0.376 e. The Morgan fingerprint density at radius 2 is 2.13 bits per heavy atom. The van der Waals surface area contributed by atoms with Gasteiger partial charge in [-0.25, -0.2) is 9.97 Å². The average molecular weight is 313 g/mol. The fourth-order valence-electron chi connectivity index (χ4n) is 2.35. The van der Waals surface area contributed by atoms with Crippen molar-refractivity contribution in [3.8, 4) is 0 Å². The van der Waals surface area contributed by atoms with Crippen molar-refractivity contribution < 1.29 is 9.53 Å². The van der Waals surface area contributed by atoms with E-state index in [1.54, 1.807) is 24.7 Å². The standard InChI is InChI=1S/C16H19N5O2/c22-15(19-11-13-2-1-9-23-13)14-5-8-18-16(21-14)20-10-12-3-6-17-7-4-12/h3-8,13H,1-2,9-11H2,(H,19,22)(H,18,20,21). The summed E-state index contributed by atoms with van der Waals surface area (Å²) in [5.74, 6) is 0.210. The van der Waals surface area contributed by atoms with Crippen LogP contribution >= 0.6 is 0 Å². The molecule has 1 amide bonds. The second-order valence-corrected chi connectivity index (χ2v) is 5.32. The van der Waals surface area contributed by atoms with Crippen LogP contribution in [-0.2, 0) is 11.3 Å². The van der Waals surface area contributed by atoms with E-state index in [0.29, 0.717) is 24.7 Å². The summed E-state index contributed by atoms with van der Waals surface area (Å²) in [6, 6.07) is 5.42. The molecule has 0 spiro atoms. The van der Waals surface area contributed by atoms with Crippen molar-refractivity contribution in [1.29, 1.82) is 0 Å². The van der Waals surface area contributed by atoms with Crippen LogP contribution in [0.25, 0.3) is 0 Å². The number of anilines is 1. The molecule has 120 valence electrons. The van der Waals surface area contributed by atoms with E-state index in [4.69, 9.17) is 4.74 Å². The summed E-state index contributed by atoms with van der Waals surface area (Å²) in [6.45, 7) is 1.86. The van der Waals surface area contributed by atoms with E-state index in [1.807, 2.05) is 12.1 Å². The number of nitrogens with one attached hydrogen (secondary N) is 2. The van der Waals surface area contributed by atoms with E-state index in [-0.39, 0.29) is 12.0 Å². The van der Waals surface area contributed by atoms with Crippen molar-refractivity contribution in [2.75, 3.05) is 18.5 Å². The highest BCUT2D eigenvalue weighted by Gasteiger charge is 2.17. The Balaban J connectivity index is 1.54. The zero-order valence-corrected chi connectivity index (χ0v) is 12.7. The van der Waals surface area contributed by atoms with Gasteiger partial charge in [0.15, 0.2) is 0 Å². The molecule has 2 N–H and O–H groups in total. The first-order valence-corrected chi connectivity index (χ1v) is 7.67. The predicted molar refractivity (Wildman–Crippen MR) is 84.9 cm³/mol. The van der Waals surface area contributed by atoms with Crippen LogP contribution in [0, 0.1) is 0 Å². The average Bonchev–Trinajstić information content (AvgIpc) is 3.12. The number of aromatic nitrogens is 3. The Kier molecular flexibility index (Phi) is 5.10. The van der Waals surface area contributed by atoms with Gasteiger partial charge in [-0.05, 0) is 36.6 Å². The highest BCUT2D eigenvalue weighted by molar-refractivity contribution is 5.92. The minimum atomic E-state index is -0.213. The second kappa shape index (κ2) is 7.64. The van der Waals surface area contributed by atoms with Crippen molar-refractivity contribution in [2.45, 2.75) is 25.5 Å². The summed E-state index contributed by atoms with van der Waals surface area (Å²) >= 11 is 0. The molecule has 0 aromatic carbocycles. The number of hydrogen-bond donors (Lipinski definition) is 2. The zero-order chi connectivity index (χ0) is 15.9. The summed E-state index contributed by atoms with van der Waals surface area (Å²) in [6.07, 6.45) is 7.19. The van der Waals surface area contributed by atoms with Gasteiger partial charge in [-0.1, -0.05) is 0 Å². The first kappa shape index (κ1) is 15.4. The molecule has 7 nitrogen and oxygen atoms in total. The van der Waals surface area contributed by atoms with E-state index in [1.165, 1.54) is 0 Å². The Morgan fingerprint density at radius 3 is 2.91 bits per heavy atom. The van der Waals surface area contributed by atoms with Crippen molar-refractivity contribution in [1.82, 2.24) is 20.3 Å². The summed E-state index contributed by atoms with van der Waals surface area (Å²) in [7, 11) is 0. The number of pyridine rings is 1. The Labute approximate surface area is 134 Å². The minimum absolute atomic E-state index is 0.116. The lowest BCUT2D eigenvalue weighted by molar-refractivity contribution is 0.0853. The fourth-order valence-corrected chi connectivity index (χ4v) is 2.35. The van der Waals surface area contributed by atoms with Gasteiger partial charge < -0.3 is 15.4 Å². The van der Waals surface area contributed by atoms with Gasteiger partial charge in [-0.15, -0.1) is 0 Å². The number of hydrogen-bond acceptors (Lipinski definition) is 6. The molecule has 1 unspecified atom stereocenters. The molecule has 23 heavy (non-hydrogen) atoms. The van der Waals surface area contributed by atoms with Gasteiger partial charge >= 0.3 is 0 Å². The zero-order valence-electron chi connectivity index (χ0n) is 12.7. The lowest BCUT2D eigenvalue weighted by atomic mass is 10.2. The van der Waals surface area contributed by atoms with Crippen LogP contribution in [0.1, 0.15) is 28.9 Å². The molecule has 1 aliphatic rings. The van der Waals surface area contributed by atoms with E-state index in [9.17, 15) is 4.79 Å². The first-order valence-electron chi connectivity index (χ1n) is 7.67. The van der Waals surface area contributed by atoms with Crippen LogP contribution in [0.5, 0.6) is 0 Å². The number of rotatable bonds is 6. The SMILES string of the molecule is O=C(NCC1CCCO1)c1ccnc(NCc2ccncc2)n1. The highest BCUT2D eigenvalue weighted by Crippen LogP contribution is 2.11. The molecule has 1 saturated heterocycles. The van der Waals surface area contributed by atoms with E-state index < -0.39 is 0 Å². The van der Waals surface area contributed by atoms with Crippen LogP contribution in [0.15, 0.2) is 36.8 Å². The number of carbonyl (C=O) groups is 1. The summed E-state index contributed by atoms with van der Waals surface area (Å²) < 4.78 is 5.49. The summed E-state index contributed by atoms with van der Waals surface area (Å²) in [5.41, 5.74) is 1.41. The lowest BCUT2D eigenvalue weighted by Crippen LogP contribution is -2.32. The van der Waals surface area contributed by atoms with Gasteiger partial charge in [-0.3, -0.25) is 9.78 Å². The van der Waals surface area contributed by atoms with Crippen LogP contribution < -0.4 is 10.6 Å². The second-order valence-electron chi connectivity index (χ2n) is 5.32. The largest absolute Gasteiger partial charge is 0.376 e. The molecular formula is C16H19N5O2. The van der Waals surface area contributed by atoms with E-state index in [2.05, 4.69) is 25.6 Å². The van der Waals surface area contributed by atoms with E-state index in [0.717, 1.165) is 25.0 Å². The van der Waals surface area contributed by atoms with Gasteiger partial charge in [0.1, 0.15) is 5.69 Å². The van der Waals surface area contributed by atoms with Gasteiger partial charge in [0, 0.05) is 38.3 Å². The quantitative estimate of drug-likeness (QED) is 0.838. The molecule has 7 heteroatoms. The molecule has 3 rings (SSSR count). The molecule has 2 aromatic rings. The van der Waals surface area contributed by atoms with Crippen molar-refractivity contribution in [3.63, 3.8) is 0 Å². The number of ether oxygens (including phenoxy) is 1. The van der Waals surface area contributed by atoms with Crippen LogP contribution in [-0.4, -0.2) is 40.1 Å². The summed E-state index contributed by atoms with van der Waals surface area (Å²) in [5, 5.41) is 5.95. The molecule has 0 bridgehead atoms. The number of carbonyl (C=O) groups excluding carboxylic acids is 1. The third-order valence-electron chi connectivity index (χ3n) is 3.60. The lowest BCUT2D eigenvalue weighted by Gasteiger charge is -2.11. The smallest absolute Gasteiger partial charge is 0.270 e. The molecule has 1 fully saturated rings. The number of amides is 1. The molecule has 0 radical (unpaired) electrons. The normalized spacial score (nSPS) is 17.0. The van der Waals surface area contributed by atoms with E-state index >= 15 is 0 Å². The maximum Gasteiger partial charge on any atom is 0.270 e. The van der Waals surface area contributed by atoms with Crippen molar-refractivity contribution in [2.24, 2.45) is 0 Å². The maximum absolute atomic E-state index is 12.1. The number of nitrogens with zero attached hydrogens (tertiary/aromatic N) is 3. The predicted octanol–water partition coefficient (Wildman–Crippen LogP) is 1.39. The Hall–Kier alpha value is -2.54. The van der Waals surface area contributed by atoms with Gasteiger partial charge in [0.05, 0.1) is 6.10 Å². The Bertz CT molecular complexity index is 644. The van der Waals surface area contributed by atoms with Crippen LogP contribution in [0.3, 0.4) is 0 Å². The third kappa shape index (κ3) is 4.46. The Morgan fingerprint density at radius 1 is 1.26 bits per heavy atom. The van der Waals surface area contributed by atoms with Crippen molar-refractivity contribution >= 4 is 11.9 Å². The molecule has 2 aromatic heterocycles. The summed E-state index contributed by atoms with van der Waals surface area (Å²) in [4.78, 5) is 24.5.